The molecule has 0 bridgehead atoms. The monoisotopic (exact) mass is 306 g/mol. The Morgan fingerprint density at radius 2 is 2.18 bits per heavy atom. The van der Waals surface area contributed by atoms with Crippen LogP contribution in [0.25, 0.3) is 0 Å². The fourth-order valence-corrected chi connectivity index (χ4v) is 3.42. The quantitative estimate of drug-likeness (QED) is 0.627. The van der Waals surface area contributed by atoms with Crippen LogP contribution in [-0.2, 0) is 4.79 Å². The number of nitrogens with two attached hydrogens (primary N) is 1. The van der Waals surface area contributed by atoms with Gasteiger partial charge in [-0.2, -0.15) is 0 Å². The highest BCUT2D eigenvalue weighted by Gasteiger charge is 2.33. The summed E-state index contributed by atoms with van der Waals surface area (Å²) in [5, 5.41) is 23.1. The van der Waals surface area contributed by atoms with Crippen molar-refractivity contribution in [1.29, 1.82) is 0 Å². The number of rotatable bonds is 3. The number of carbonyl (C=O) groups is 1. The molecule has 1 aromatic rings. The average Bonchev–Trinajstić information content (AvgIpc) is 2.50. The van der Waals surface area contributed by atoms with Crippen LogP contribution in [0.2, 0.25) is 0 Å². The van der Waals surface area contributed by atoms with Crippen molar-refractivity contribution in [3.05, 3.63) is 23.8 Å². The van der Waals surface area contributed by atoms with Gasteiger partial charge >= 0.3 is 5.97 Å². The second kappa shape index (κ2) is 6.14. The zero-order valence-electron chi connectivity index (χ0n) is 12.4. The Hall–Kier alpha value is -1.79. The van der Waals surface area contributed by atoms with Gasteiger partial charge in [0.1, 0.15) is 18.5 Å². The normalized spacial score (nSPS) is 31.1. The topological polar surface area (TPSA) is 105 Å². The Bertz CT molecular complexity index is 563. The Balaban J connectivity index is 1.66. The van der Waals surface area contributed by atoms with Crippen molar-refractivity contribution in [2.45, 2.75) is 43.9 Å². The van der Waals surface area contributed by atoms with Crippen LogP contribution in [-0.4, -0.2) is 34.9 Å². The van der Waals surface area contributed by atoms with Crippen LogP contribution < -0.4 is 15.8 Å². The minimum absolute atomic E-state index is 0.105. The molecular formula is C16H22N2O4. The number of aliphatic hydroxyl groups is 1. The molecule has 0 spiro atoms. The molecule has 2 aliphatic rings. The molecule has 1 heterocycles. The highest BCUT2D eigenvalue weighted by Crippen LogP contribution is 2.34. The van der Waals surface area contributed by atoms with Crippen LogP contribution in [0.3, 0.4) is 0 Å². The van der Waals surface area contributed by atoms with Gasteiger partial charge in [0.05, 0.1) is 12.0 Å². The van der Waals surface area contributed by atoms with Gasteiger partial charge in [-0.15, -0.1) is 0 Å². The molecule has 0 radical (unpaired) electrons. The van der Waals surface area contributed by atoms with Gasteiger partial charge in [-0.1, -0.05) is 12.5 Å². The van der Waals surface area contributed by atoms with Crippen LogP contribution in [0.15, 0.2) is 18.2 Å². The lowest BCUT2D eigenvalue weighted by Crippen LogP contribution is -2.49. The highest BCUT2D eigenvalue weighted by molar-refractivity contribution is 5.70. The second-order valence-electron chi connectivity index (χ2n) is 6.22. The van der Waals surface area contributed by atoms with Crippen molar-refractivity contribution in [1.82, 2.24) is 5.32 Å². The van der Waals surface area contributed by atoms with E-state index in [1.807, 2.05) is 0 Å². The molecule has 1 aromatic carbocycles. The summed E-state index contributed by atoms with van der Waals surface area (Å²) >= 11 is 0. The Kier molecular flexibility index (Phi) is 4.22. The number of ether oxygens (including phenoxy) is 1. The van der Waals surface area contributed by atoms with Gasteiger partial charge in [0.15, 0.2) is 0 Å². The van der Waals surface area contributed by atoms with E-state index in [0.29, 0.717) is 24.5 Å². The third kappa shape index (κ3) is 3.03. The number of nitrogen functional groups attached to an aromatic ring is 1. The van der Waals surface area contributed by atoms with Gasteiger partial charge in [0.25, 0.3) is 0 Å². The molecule has 0 amide bonds. The van der Waals surface area contributed by atoms with Crippen LogP contribution in [0.5, 0.6) is 5.75 Å². The summed E-state index contributed by atoms with van der Waals surface area (Å²) in [6.45, 7) is 0.353. The van der Waals surface area contributed by atoms with Crippen molar-refractivity contribution in [2.75, 3.05) is 12.3 Å². The second-order valence-corrected chi connectivity index (χ2v) is 6.22. The number of hydrogen-bond acceptors (Lipinski definition) is 5. The molecule has 0 unspecified atom stereocenters. The summed E-state index contributed by atoms with van der Waals surface area (Å²) in [7, 11) is 0. The van der Waals surface area contributed by atoms with E-state index in [2.05, 4.69) is 5.32 Å². The summed E-state index contributed by atoms with van der Waals surface area (Å²) < 4.78 is 5.68. The summed E-state index contributed by atoms with van der Waals surface area (Å²) in [6.07, 6.45) is 2.49. The van der Waals surface area contributed by atoms with E-state index >= 15 is 0 Å². The molecule has 1 fully saturated rings. The van der Waals surface area contributed by atoms with E-state index in [-0.39, 0.29) is 18.0 Å². The molecule has 0 aromatic heterocycles. The van der Waals surface area contributed by atoms with Gasteiger partial charge in [-0.05, 0) is 25.3 Å². The zero-order valence-corrected chi connectivity index (χ0v) is 12.4. The van der Waals surface area contributed by atoms with Gasteiger partial charge in [0, 0.05) is 23.4 Å². The minimum atomic E-state index is -0.729. The molecule has 6 nitrogen and oxygen atoms in total. The maximum Gasteiger partial charge on any atom is 0.306 e. The molecule has 1 aliphatic heterocycles. The average molecular weight is 306 g/mol. The Labute approximate surface area is 129 Å². The lowest BCUT2D eigenvalue weighted by Gasteiger charge is -2.36. The van der Waals surface area contributed by atoms with Gasteiger partial charge in [-0.25, -0.2) is 0 Å². The van der Waals surface area contributed by atoms with E-state index < -0.39 is 12.1 Å². The minimum Gasteiger partial charge on any atom is -0.491 e. The first-order valence-corrected chi connectivity index (χ1v) is 7.73. The van der Waals surface area contributed by atoms with Crippen molar-refractivity contribution < 1.29 is 19.7 Å². The number of fused-ring (bicyclic) bond motifs is 1. The molecule has 1 aliphatic carbocycles. The number of aliphatic carboxylic acids is 1. The third-order valence-corrected chi connectivity index (χ3v) is 4.63. The molecule has 1 saturated carbocycles. The van der Waals surface area contributed by atoms with E-state index in [1.54, 1.807) is 18.2 Å². The van der Waals surface area contributed by atoms with Crippen LogP contribution in [0, 0.1) is 5.92 Å². The van der Waals surface area contributed by atoms with Crippen molar-refractivity contribution in [3.8, 4) is 5.75 Å². The molecule has 120 valence electrons. The SMILES string of the molecule is Nc1ccc2c(c1)OC[C@@H](N[C@@H]1CCC[C@@H](C(=O)O)C1)[C@H]2O. The standard InChI is InChI=1S/C16H22N2O4/c17-10-4-5-12-14(7-10)22-8-13(15(12)19)18-11-3-1-2-9(6-11)16(20)21/h4-5,7,9,11,13,15,18-19H,1-3,6,8,17H2,(H,20,21)/t9-,11-,13-,15+/m1/s1. The first-order chi connectivity index (χ1) is 10.5. The zero-order chi connectivity index (χ0) is 15.7. The predicted octanol–water partition coefficient (Wildman–Crippen LogP) is 1.30. The molecule has 22 heavy (non-hydrogen) atoms. The van der Waals surface area contributed by atoms with Crippen molar-refractivity contribution >= 4 is 11.7 Å². The van der Waals surface area contributed by atoms with E-state index in [1.165, 1.54) is 0 Å². The predicted molar refractivity (Wildman–Crippen MR) is 81.6 cm³/mol. The fourth-order valence-electron chi connectivity index (χ4n) is 3.42. The number of benzene rings is 1. The summed E-state index contributed by atoms with van der Waals surface area (Å²) in [5.74, 6) is -0.398. The molecule has 6 heteroatoms. The Morgan fingerprint density at radius 1 is 1.36 bits per heavy atom. The van der Waals surface area contributed by atoms with Gasteiger partial charge in [0.2, 0.25) is 0 Å². The number of carboxylic acids is 1. The molecule has 4 atom stereocenters. The number of anilines is 1. The largest absolute Gasteiger partial charge is 0.491 e. The smallest absolute Gasteiger partial charge is 0.306 e. The number of hydrogen-bond donors (Lipinski definition) is 4. The van der Waals surface area contributed by atoms with Gasteiger partial charge < -0.3 is 26.0 Å². The highest BCUT2D eigenvalue weighted by atomic mass is 16.5. The third-order valence-electron chi connectivity index (χ3n) is 4.63. The first kappa shape index (κ1) is 15.1. The lowest BCUT2D eigenvalue weighted by atomic mass is 9.85. The van der Waals surface area contributed by atoms with E-state index in [9.17, 15) is 9.90 Å². The van der Waals surface area contributed by atoms with Crippen molar-refractivity contribution in [2.24, 2.45) is 5.92 Å². The fraction of sp³-hybridized carbons (Fsp3) is 0.562. The molecule has 5 N–H and O–H groups in total. The van der Waals surface area contributed by atoms with E-state index in [4.69, 9.17) is 15.6 Å². The van der Waals surface area contributed by atoms with Crippen molar-refractivity contribution in [3.63, 3.8) is 0 Å². The van der Waals surface area contributed by atoms with Crippen LogP contribution in [0.4, 0.5) is 5.69 Å². The van der Waals surface area contributed by atoms with Gasteiger partial charge in [-0.3, -0.25) is 4.79 Å². The first-order valence-electron chi connectivity index (χ1n) is 7.73. The van der Waals surface area contributed by atoms with Crippen LogP contribution >= 0.6 is 0 Å². The number of nitrogens with one attached hydrogen (secondary N) is 1. The Morgan fingerprint density at radius 3 is 2.95 bits per heavy atom. The number of carboxylic acid groups (broad SMARTS) is 1. The maximum absolute atomic E-state index is 11.1. The summed E-state index contributed by atoms with van der Waals surface area (Å²) in [6, 6.07) is 5.12. The summed E-state index contributed by atoms with van der Waals surface area (Å²) in [5.41, 5.74) is 7.05. The maximum atomic E-state index is 11.1. The van der Waals surface area contributed by atoms with Crippen LogP contribution in [0.1, 0.15) is 37.4 Å². The van der Waals surface area contributed by atoms with E-state index in [0.717, 1.165) is 24.8 Å². The lowest BCUT2D eigenvalue weighted by molar-refractivity contribution is -0.143. The number of aliphatic hydroxyl groups excluding tert-OH is 1. The molecular weight excluding hydrogens is 284 g/mol. The summed E-state index contributed by atoms with van der Waals surface area (Å²) in [4.78, 5) is 11.1. The molecule has 0 saturated heterocycles. The molecule has 3 rings (SSSR count).